The molecule has 12 heteroatoms. The maximum atomic E-state index is 13.0. The van der Waals surface area contributed by atoms with E-state index in [0.29, 0.717) is 33.1 Å². The number of methoxy groups -OCH3 is 1. The maximum Gasteiger partial charge on any atom is 0.330 e. The topological polar surface area (TPSA) is 143 Å². The van der Waals surface area contributed by atoms with E-state index in [1.54, 1.807) is 44.2 Å². The molecule has 0 aliphatic carbocycles. The van der Waals surface area contributed by atoms with Gasteiger partial charge >= 0.3 is 5.97 Å². The van der Waals surface area contributed by atoms with E-state index < -0.39 is 23.8 Å². The van der Waals surface area contributed by atoms with Crippen molar-refractivity contribution < 1.29 is 24.2 Å². The van der Waals surface area contributed by atoms with E-state index >= 15 is 0 Å². The van der Waals surface area contributed by atoms with Gasteiger partial charge in [0, 0.05) is 13.1 Å². The van der Waals surface area contributed by atoms with Gasteiger partial charge in [-0.1, -0.05) is 23.7 Å². The number of rotatable bonds is 11. The number of aryl methyl sites for hydroxylation is 3. The Labute approximate surface area is 223 Å². The number of carbonyl (C=O) groups is 3. The van der Waals surface area contributed by atoms with Gasteiger partial charge in [0.05, 0.1) is 33.3 Å². The number of phenolic OH excluding ortho intramolecular Hbond substituents is 1. The van der Waals surface area contributed by atoms with Gasteiger partial charge in [-0.05, 0) is 56.5 Å². The number of anilines is 1. The van der Waals surface area contributed by atoms with Crippen LogP contribution in [0.4, 0.5) is 5.95 Å². The van der Waals surface area contributed by atoms with Crippen LogP contribution in [0.5, 0.6) is 5.75 Å². The highest BCUT2D eigenvalue weighted by molar-refractivity contribution is 7.18. The summed E-state index contributed by atoms with van der Waals surface area (Å²) in [6, 6.07) is 9.15. The quantitative estimate of drug-likeness (QED) is 0.212. The summed E-state index contributed by atoms with van der Waals surface area (Å²) < 4.78 is 5.25. The Balaban J connectivity index is 1.59. The lowest BCUT2D eigenvalue weighted by molar-refractivity contribution is -0.142. The number of thiophene rings is 1. The summed E-state index contributed by atoms with van der Waals surface area (Å²) in [5, 5.41) is 17.9. The Morgan fingerprint density at radius 1 is 1.11 bits per heavy atom. The molecular formula is C25H28ClN5O5S. The molecular weight excluding hydrogens is 518 g/mol. The lowest BCUT2D eigenvalue weighted by Crippen LogP contribution is -2.49. The summed E-state index contributed by atoms with van der Waals surface area (Å²) >= 11 is 6.97. The molecule has 0 saturated carbocycles. The van der Waals surface area contributed by atoms with Crippen molar-refractivity contribution in [3.63, 3.8) is 0 Å². The van der Waals surface area contributed by atoms with Crippen molar-refractivity contribution in [2.24, 2.45) is 0 Å². The molecule has 3 aromatic rings. The fraction of sp³-hybridized carbons (Fsp3) is 0.320. The molecule has 1 aromatic carbocycles. The van der Waals surface area contributed by atoms with Crippen LogP contribution < -0.4 is 16.0 Å². The zero-order valence-electron chi connectivity index (χ0n) is 20.6. The predicted molar refractivity (Wildman–Crippen MR) is 141 cm³/mol. The van der Waals surface area contributed by atoms with Crippen molar-refractivity contribution in [2.75, 3.05) is 25.5 Å². The fourth-order valence-electron chi connectivity index (χ4n) is 3.61. The summed E-state index contributed by atoms with van der Waals surface area (Å²) in [5.74, 6) is -1.07. The molecule has 1 unspecified atom stereocenters. The van der Waals surface area contributed by atoms with Crippen molar-refractivity contribution >= 4 is 46.7 Å². The smallest absolute Gasteiger partial charge is 0.330 e. The molecule has 0 spiro atoms. The van der Waals surface area contributed by atoms with Gasteiger partial charge < -0.3 is 25.8 Å². The summed E-state index contributed by atoms with van der Waals surface area (Å²) in [6.45, 7) is 3.78. The van der Waals surface area contributed by atoms with Crippen molar-refractivity contribution in [3.8, 4) is 5.75 Å². The number of nitrogens with one attached hydrogen (secondary N) is 3. The summed E-state index contributed by atoms with van der Waals surface area (Å²) in [5.41, 5.74) is 2.12. The van der Waals surface area contributed by atoms with Gasteiger partial charge in [-0.3, -0.25) is 9.59 Å². The third kappa shape index (κ3) is 7.89. The molecule has 0 saturated heterocycles. The van der Waals surface area contributed by atoms with Gasteiger partial charge in [0.15, 0.2) is 0 Å². The Bertz CT molecular complexity index is 1260. The molecule has 3 rings (SSSR count). The van der Waals surface area contributed by atoms with Crippen LogP contribution in [-0.2, 0) is 16.0 Å². The summed E-state index contributed by atoms with van der Waals surface area (Å²) in [7, 11) is 1.20. The van der Waals surface area contributed by atoms with E-state index in [1.165, 1.54) is 7.11 Å². The molecule has 2 aromatic heterocycles. The molecule has 0 aliphatic rings. The third-order valence-electron chi connectivity index (χ3n) is 5.39. The second-order valence-corrected chi connectivity index (χ2v) is 9.87. The second kappa shape index (κ2) is 13.0. The summed E-state index contributed by atoms with van der Waals surface area (Å²) in [4.78, 5) is 46.7. The monoisotopic (exact) mass is 545 g/mol. The Kier molecular flexibility index (Phi) is 9.81. The third-order valence-corrected chi connectivity index (χ3v) is 6.62. The number of phenols is 1. The molecule has 2 amide bonds. The molecule has 4 N–H and O–H groups in total. The van der Waals surface area contributed by atoms with Crippen LogP contribution in [0.1, 0.15) is 43.4 Å². The maximum absolute atomic E-state index is 13.0. The Morgan fingerprint density at radius 3 is 2.46 bits per heavy atom. The molecule has 196 valence electrons. The predicted octanol–water partition coefficient (Wildman–Crippen LogP) is 3.26. The Hall–Kier alpha value is -3.70. The van der Waals surface area contributed by atoms with E-state index in [0.717, 1.165) is 29.7 Å². The molecule has 10 nitrogen and oxygen atoms in total. The first-order valence-electron chi connectivity index (χ1n) is 11.5. The molecule has 0 fully saturated rings. The zero-order valence-corrected chi connectivity index (χ0v) is 22.2. The van der Waals surface area contributed by atoms with Crippen molar-refractivity contribution in [2.45, 2.75) is 32.7 Å². The SMILES string of the molecule is COC(=O)C(CNC(=O)c1ccc(Cl)s1)NC(=O)c1c(C)nc(NCCCc2cccc(O)c2)nc1C. The highest BCUT2D eigenvalue weighted by atomic mass is 35.5. The molecule has 37 heavy (non-hydrogen) atoms. The van der Waals surface area contributed by atoms with Crippen molar-refractivity contribution in [1.29, 1.82) is 0 Å². The number of halogens is 1. The molecule has 0 radical (unpaired) electrons. The average molecular weight is 546 g/mol. The minimum atomic E-state index is -1.12. The first-order chi connectivity index (χ1) is 17.7. The number of aromatic hydroxyl groups is 1. The van der Waals surface area contributed by atoms with Gasteiger partial charge in [-0.15, -0.1) is 11.3 Å². The highest BCUT2D eigenvalue weighted by Gasteiger charge is 2.26. The number of hydrogen-bond acceptors (Lipinski definition) is 9. The lowest BCUT2D eigenvalue weighted by Gasteiger charge is -2.18. The summed E-state index contributed by atoms with van der Waals surface area (Å²) in [6.07, 6.45) is 1.56. The van der Waals surface area contributed by atoms with Crippen LogP contribution in [0.3, 0.4) is 0 Å². The van der Waals surface area contributed by atoms with E-state index in [9.17, 15) is 19.5 Å². The molecule has 0 bridgehead atoms. The number of aromatic nitrogens is 2. The Morgan fingerprint density at radius 2 is 1.84 bits per heavy atom. The molecule has 2 heterocycles. The number of hydrogen-bond donors (Lipinski definition) is 4. The minimum Gasteiger partial charge on any atom is -0.508 e. The van der Waals surface area contributed by atoms with Gasteiger partial charge in [-0.25, -0.2) is 14.8 Å². The van der Waals surface area contributed by atoms with Gasteiger partial charge in [0.2, 0.25) is 5.95 Å². The van der Waals surface area contributed by atoms with E-state index in [1.807, 2.05) is 6.07 Å². The largest absolute Gasteiger partial charge is 0.508 e. The first-order valence-corrected chi connectivity index (χ1v) is 12.7. The van der Waals surface area contributed by atoms with Gasteiger partial charge in [0.1, 0.15) is 11.8 Å². The number of carbonyl (C=O) groups excluding carboxylic acids is 3. The zero-order chi connectivity index (χ0) is 26.9. The van der Waals surface area contributed by atoms with Crippen LogP contribution in [0.15, 0.2) is 36.4 Å². The normalized spacial score (nSPS) is 11.5. The van der Waals surface area contributed by atoms with Crippen LogP contribution in [-0.4, -0.2) is 59.1 Å². The number of nitrogens with zero attached hydrogens (tertiary/aromatic N) is 2. The lowest BCUT2D eigenvalue weighted by atomic mass is 10.1. The molecule has 1 atom stereocenters. The number of ether oxygens (including phenoxy) is 1. The molecule has 0 aliphatic heterocycles. The van der Waals surface area contributed by atoms with Gasteiger partial charge in [0.25, 0.3) is 11.8 Å². The van der Waals surface area contributed by atoms with E-state index in [-0.39, 0.29) is 17.9 Å². The van der Waals surface area contributed by atoms with Crippen LogP contribution in [0.25, 0.3) is 0 Å². The van der Waals surface area contributed by atoms with Crippen molar-refractivity contribution in [3.05, 3.63) is 68.1 Å². The second-order valence-electron chi connectivity index (χ2n) is 8.16. The number of benzene rings is 1. The highest BCUT2D eigenvalue weighted by Crippen LogP contribution is 2.21. The van der Waals surface area contributed by atoms with Gasteiger partial charge in [-0.2, -0.15) is 0 Å². The fourth-order valence-corrected chi connectivity index (χ4v) is 4.57. The number of amides is 2. The van der Waals surface area contributed by atoms with Crippen LogP contribution in [0, 0.1) is 13.8 Å². The van der Waals surface area contributed by atoms with Crippen LogP contribution in [0.2, 0.25) is 4.34 Å². The van der Waals surface area contributed by atoms with E-state index in [2.05, 4.69) is 25.9 Å². The number of esters is 1. The first kappa shape index (κ1) is 27.9. The average Bonchev–Trinajstić information content (AvgIpc) is 3.29. The van der Waals surface area contributed by atoms with Crippen molar-refractivity contribution in [1.82, 2.24) is 20.6 Å². The standard InChI is InChI=1S/C25H28ClN5O5S/c1-14-21(15(2)30-25(29-14)27-11-5-7-16-6-4-8-17(32)12-16)23(34)31-18(24(35)36-3)13-28-22(33)19-9-10-20(26)37-19/h4,6,8-10,12,18,32H,5,7,11,13H2,1-3H3,(H,28,33)(H,31,34)(H,27,29,30). The van der Waals surface area contributed by atoms with E-state index in [4.69, 9.17) is 16.3 Å². The van der Waals surface area contributed by atoms with Crippen LogP contribution >= 0.6 is 22.9 Å². The minimum absolute atomic E-state index is 0.176.